The van der Waals surface area contributed by atoms with Gasteiger partial charge in [0.25, 0.3) is 0 Å². The van der Waals surface area contributed by atoms with Crippen LogP contribution in [0.25, 0.3) is 11.1 Å². The third-order valence-corrected chi connectivity index (χ3v) is 2.01. The van der Waals surface area contributed by atoms with Gasteiger partial charge in [-0.1, -0.05) is 60.7 Å². The van der Waals surface area contributed by atoms with Crippen LogP contribution < -0.4 is 0 Å². The molecule has 94 valence electrons. The highest BCUT2D eigenvalue weighted by molar-refractivity contribution is 5.62. The lowest BCUT2D eigenvalue weighted by Gasteiger charge is -1.98. The molecule has 0 N–H and O–H groups in total. The predicted molar refractivity (Wildman–Crippen MR) is 64.0 cm³/mol. The summed E-state index contributed by atoms with van der Waals surface area (Å²) in [6.07, 6.45) is -5.70. The second-order valence-corrected chi connectivity index (χ2v) is 3.39. The van der Waals surface area contributed by atoms with E-state index in [-0.39, 0.29) is 0 Å². The van der Waals surface area contributed by atoms with Gasteiger partial charge in [0.2, 0.25) is 6.29 Å². The van der Waals surface area contributed by atoms with E-state index in [1.54, 1.807) is 0 Å². The number of rotatable bonds is 1. The Morgan fingerprint density at radius 3 is 1.22 bits per heavy atom. The van der Waals surface area contributed by atoms with Gasteiger partial charge in [-0.25, -0.2) is 0 Å². The second-order valence-electron chi connectivity index (χ2n) is 3.39. The molecule has 18 heavy (non-hydrogen) atoms. The van der Waals surface area contributed by atoms with Crippen LogP contribution >= 0.6 is 0 Å². The van der Waals surface area contributed by atoms with Crippen LogP contribution in [-0.4, -0.2) is 12.5 Å². The molecule has 2 aromatic rings. The molecular weight excluding hydrogens is 241 g/mol. The Bertz CT molecular complexity index is 426. The molecule has 0 atom stereocenters. The van der Waals surface area contributed by atoms with E-state index in [2.05, 4.69) is 48.5 Å². The van der Waals surface area contributed by atoms with Gasteiger partial charge in [-0.05, 0) is 11.1 Å². The molecule has 0 unspecified atom stereocenters. The molecule has 0 aliphatic rings. The zero-order valence-electron chi connectivity index (χ0n) is 9.39. The summed E-state index contributed by atoms with van der Waals surface area (Å²) in [5, 5.41) is 0. The number of benzene rings is 2. The highest BCUT2D eigenvalue weighted by Gasteiger charge is 2.24. The van der Waals surface area contributed by atoms with E-state index in [9.17, 15) is 13.2 Å². The monoisotopic (exact) mass is 252 g/mol. The second kappa shape index (κ2) is 6.59. The first-order valence-corrected chi connectivity index (χ1v) is 5.16. The van der Waals surface area contributed by atoms with Gasteiger partial charge in [-0.15, -0.1) is 0 Å². The maximum absolute atomic E-state index is 10.4. The van der Waals surface area contributed by atoms with Gasteiger partial charge < -0.3 is 0 Å². The molecule has 0 saturated heterocycles. The molecule has 0 aliphatic carbocycles. The summed E-state index contributed by atoms with van der Waals surface area (Å²) in [5.41, 5.74) is 2.55. The quantitative estimate of drug-likeness (QED) is 0.698. The molecule has 2 rings (SSSR count). The first kappa shape index (κ1) is 14.0. The van der Waals surface area contributed by atoms with Crippen LogP contribution in [0.4, 0.5) is 13.2 Å². The van der Waals surface area contributed by atoms with Crippen LogP contribution in [-0.2, 0) is 4.79 Å². The van der Waals surface area contributed by atoms with Crippen LogP contribution in [0.3, 0.4) is 0 Å². The number of carbonyl (C=O) groups excluding carboxylic acids is 1. The van der Waals surface area contributed by atoms with Crippen LogP contribution in [0, 0.1) is 0 Å². The molecule has 1 nitrogen and oxygen atoms in total. The van der Waals surface area contributed by atoms with Crippen molar-refractivity contribution in [2.45, 2.75) is 6.18 Å². The SMILES string of the molecule is O=CC(F)(F)F.c1ccc(-c2ccccc2)cc1. The Morgan fingerprint density at radius 2 is 1.00 bits per heavy atom. The third kappa shape index (κ3) is 5.30. The molecule has 0 bridgehead atoms. The van der Waals surface area contributed by atoms with E-state index >= 15 is 0 Å². The van der Waals surface area contributed by atoms with Crippen LogP contribution in [0.2, 0.25) is 0 Å². The number of aldehydes is 1. The standard InChI is InChI=1S/C12H10.C2HF3O/c1-3-7-11(8-4-1)12-9-5-2-6-10-12;3-2(4,5)1-6/h1-10H;1H. The molecule has 0 amide bonds. The maximum atomic E-state index is 10.4. The van der Waals surface area contributed by atoms with Crippen molar-refractivity contribution in [2.24, 2.45) is 0 Å². The molecule has 2 aromatic carbocycles. The van der Waals surface area contributed by atoms with Crippen LogP contribution in [0.15, 0.2) is 60.7 Å². The van der Waals surface area contributed by atoms with Crippen molar-refractivity contribution in [3.05, 3.63) is 60.7 Å². The van der Waals surface area contributed by atoms with Crippen molar-refractivity contribution in [1.82, 2.24) is 0 Å². The van der Waals surface area contributed by atoms with Crippen molar-refractivity contribution in [3.63, 3.8) is 0 Å². The molecule has 0 radical (unpaired) electrons. The Hall–Kier alpha value is -2.10. The fraction of sp³-hybridized carbons (Fsp3) is 0.0714. The Balaban J connectivity index is 0.000000232. The van der Waals surface area contributed by atoms with E-state index in [0.29, 0.717) is 0 Å². The highest BCUT2D eigenvalue weighted by atomic mass is 19.4. The lowest BCUT2D eigenvalue weighted by molar-refractivity contribution is -0.156. The zero-order chi connectivity index (χ0) is 13.4. The Labute approximate surface area is 103 Å². The van der Waals surface area contributed by atoms with Gasteiger partial charge in [0, 0.05) is 0 Å². The van der Waals surface area contributed by atoms with E-state index in [4.69, 9.17) is 4.79 Å². The average Bonchev–Trinajstić information content (AvgIpc) is 2.41. The summed E-state index contributed by atoms with van der Waals surface area (Å²) in [6.45, 7) is 0. The zero-order valence-corrected chi connectivity index (χ0v) is 9.39. The minimum atomic E-state index is -4.64. The fourth-order valence-electron chi connectivity index (χ4n) is 1.26. The molecule has 0 fully saturated rings. The molecule has 0 aliphatic heterocycles. The topological polar surface area (TPSA) is 17.1 Å². The largest absolute Gasteiger partial charge is 0.446 e. The van der Waals surface area contributed by atoms with Crippen LogP contribution in [0.5, 0.6) is 0 Å². The van der Waals surface area contributed by atoms with Gasteiger partial charge in [-0.3, -0.25) is 4.79 Å². The van der Waals surface area contributed by atoms with E-state index in [1.807, 2.05) is 12.1 Å². The molecular formula is C14H11F3O. The van der Waals surface area contributed by atoms with Crippen molar-refractivity contribution < 1.29 is 18.0 Å². The Kier molecular flexibility index (Phi) is 5.11. The van der Waals surface area contributed by atoms with E-state index < -0.39 is 12.5 Å². The summed E-state index contributed by atoms with van der Waals surface area (Å²) in [7, 11) is 0. The molecule has 0 spiro atoms. The van der Waals surface area contributed by atoms with Crippen LogP contribution in [0.1, 0.15) is 0 Å². The van der Waals surface area contributed by atoms with Crippen molar-refractivity contribution in [3.8, 4) is 11.1 Å². The van der Waals surface area contributed by atoms with E-state index in [0.717, 1.165) is 0 Å². The first-order chi connectivity index (χ1) is 8.53. The molecule has 0 heterocycles. The number of alkyl halides is 3. The minimum absolute atomic E-state index is 1.06. The summed E-state index contributed by atoms with van der Waals surface area (Å²) in [5.74, 6) is 0. The van der Waals surface area contributed by atoms with Gasteiger partial charge >= 0.3 is 6.18 Å². The molecule has 0 saturated carbocycles. The van der Waals surface area contributed by atoms with Gasteiger partial charge in [0.05, 0.1) is 0 Å². The summed E-state index contributed by atoms with van der Waals surface area (Å²) >= 11 is 0. The highest BCUT2D eigenvalue weighted by Crippen LogP contribution is 2.17. The third-order valence-electron chi connectivity index (χ3n) is 2.01. The van der Waals surface area contributed by atoms with Crippen molar-refractivity contribution in [2.75, 3.05) is 0 Å². The first-order valence-electron chi connectivity index (χ1n) is 5.16. The number of hydrogen-bond donors (Lipinski definition) is 0. The number of halogens is 3. The lowest BCUT2D eigenvalue weighted by atomic mass is 10.1. The minimum Gasteiger partial charge on any atom is -0.293 e. The maximum Gasteiger partial charge on any atom is 0.446 e. The molecule has 4 heteroatoms. The van der Waals surface area contributed by atoms with Crippen molar-refractivity contribution in [1.29, 1.82) is 0 Å². The lowest BCUT2D eigenvalue weighted by Crippen LogP contribution is -2.07. The predicted octanol–water partition coefficient (Wildman–Crippen LogP) is 4.10. The molecule has 0 aromatic heterocycles. The van der Waals surface area contributed by atoms with Gasteiger partial charge in [0.1, 0.15) is 0 Å². The average molecular weight is 252 g/mol. The fourth-order valence-corrected chi connectivity index (χ4v) is 1.26. The smallest absolute Gasteiger partial charge is 0.293 e. The van der Waals surface area contributed by atoms with Gasteiger partial charge in [0.15, 0.2) is 0 Å². The Morgan fingerprint density at radius 1 is 0.722 bits per heavy atom. The van der Waals surface area contributed by atoms with Gasteiger partial charge in [-0.2, -0.15) is 13.2 Å². The summed E-state index contributed by atoms with van der Waals surface area (Å²) in [6, 6.07) is 20.8. The normalized spacial score (nSPS) is 10.2. The number of hydrogen-bond acceptors (Lipinski definition) is 1. The summed E-state index contributed by atoms with van der Waals surface area (Å²) < 4.78 is 31.2. The number of carbonyl (C=O) groups is 1. The summed E-state index contributed by atoms with van der Waals surface area (Å²) in [4.78, 5) is 8.70. The van der Waals surface area contributed by atoms with E-state index in [1.165, 1.54) is 11.1 Å². The van der Waals surface area contributed by atoms with Crippen molar-refractivity contribution >= 4 is 6.29 Å².